The molecule has 0 aliphatic heterocycles. The van der Waals surface area contributed by atoms with E-state index in [1.807, 2.05) is 36.4 Å². The van der Waals surface area contributed by atoms with Gasteiger partial charge in [0.05, 0.1) is 15.1 Å². The fraction of sp³-hybridized carbons (Fsp3) is 0. The fourth-order valence-corrected chi connectivity index (χ4v) is 4.61. The molecule has 0 radical (unpaired) electrons. The van der Waals surface area contributed by atoms with E-state index < -0.39 is 15.8 Å². The molecular formula is C17H11FN2O2S2. The predicted molar refractivity (Wildman–Crippen MR) is 94.3 cm³/mol. The smallest absolute Gasteiger partial charge is 0.255 e. The van der Waals surface area contributed by atoms with Crippen LogP contribution in [-0.4, -0.2) is 13.4 Å². The number of rotatable bonds is 3. The van der Waals surface area contributed by atoms with E-state index in [2.05, 4.69) is 9.71 Å². The van der Waals surface area contributed by atoms with Crippen molar-refractivity contribution in [1.82, 2.24) is 4.98 Å². The van der Waals surface area contributed by atoms with Crippen molar-refractivity contribution in [2.45, 2.75) is 4.90 Å². The molecule has 1 heterocycles. The molecule has 3 aromatic carbocycles. The summed E-state index contributed by atoms with van der Waals surface area (Å²) < 4.78 is 41.1. The van der Waals surface area contributed by atoms with Crippen LogP contribution in [0.3, 0.4) is 0 Å². The number of anilines is 1. The van der Waals surface area contributed by atoms with Crippen molar-refractivity contribution < 1.29 is 12.8 Å². The van der Waals surface area contributed by atoms with Gasteiger partial charge in [-0.1, -0.05) is 41.7 Å². The molecule has 120 valence electrons. The highest BCUT2D eigenvalue weighted by atomic mass is 32.2. The monoisotopic (exact) mass is 358 g/mol. The zero-order valence-electron chi connectivity index (χ0n) is 12.2. The first kappa shape index (κ1) is 15.0. The van der Waals surface area contributed by atoms with Gasteiger partial charge >= 0.3 is 0 Å². The maximum atomic E-state index is 13.0. The second-order valence-electron chi connectivity index (χ2n) is 5.21. The molecule has 1 aromatic heterocycles. The maximum Gasteiger partial charge on any atom is 0.263 e. The number of aromatic nitrogens is 1. The molecule has 0 atom stereocenters. The van der Waals surface area contributed by atoms with Crippen LogP contribution in [0.15, 0.2) is 65.6 Å². The first-order valence-electron chi connectivity index (χ1n) is 7.10. The van der Waals surface area contributed by atoms with Crippen LogP contribution in [0, 0.1) is 5.82 Å². The average molecular weight is 358 g/mol. The molecule has 0 bridgehead atoms. The molecule has 0 fully saturated rings. The van der Waals surface area contributed by atoms with Gasteiger partial charge in [-0.2, -0.15) is 0 Å². The molecule has 4 nitrogen and oxygen atoms in total. The first-order valence-corrected chi connectivity index (χ1v) is 9.40. The Bertz CT molecular complexity index is 1150. The van der Waals surface area contributed by atoms with Gasteiger partial charge in [-0.05, 0) is 35.7 Å². The Morgan fingerprint density at radius 1 is 0.958 bits per heavy atom. The third-order valence-electron chi connectivity index (χ3n) is 3.63. The van der Waals surface area contributed by atoms with Gasteiger partial charge in [-0.3, -0.25) is 4.72 Å². The minimum Gasteiger partial charge on any atom is -0.255 e. The third-order valence-corrected chi connectivity index (χ3v) is 6.05. The van der Waals surface area contributed by atoms with E-state index in [4.69, 9.17) is 0 Å². The van der Waals surface area contributed by atoms with Crippen LogP contribution in [0.4, 0.5) is 9.52 Å². The Hall–Kier alpha value is -2.51. The highest BCUT2D eigenvalue weighted by Gasteiger charge is 2.17. The molecule has 0 saturated carbocycles. The molecule has 0 unspecified atom stereocenters. The summed E-state index contributed by atoms with van der Waals surface area (Å²) in [5.41, 5.74) is 0.759. The van der Waals surface area contributed by atoms with Gasteiger partial charge in [0, 0.05) is 5.39 Å². The quantitative estimate of drug-likeness (QED) is 0.591. The average Bonchev–Trinajstić information content (AvgIpc) is 2.97. The molecule has 0 aliphatic carbocycles. The van der Waals surface area contributed by atoms with Crippen molar-refractivity contribution in [1.29, 1.82) is 0 Å². The lowest BCUT2D eigenvalue weighted by Crippen LogP contribution is -2.12. The SMILES string of the molecule is O=S(=O)(Nc1nc2c(ccc3ccccc32)s1)c1ccc(F)cc1. The Morgan fingerprint density at radius 3 is 2.50 bits per heavy atom. The highest BCUT2D eigenvalue weighted by molar-refractivity contribution is 7.93. The largest absolute Gasteiger partial charge is 0.263 e. The first-order chi connectivity index (χ1) is 11.5. The number of hydrogen-bond donors (Lipinski definition) is 1. The summed E-state index contributed by atoms with van der Waals surface area (Å²) >= 11 is 1.26. The van der Waals surface area contributed by atoms with Crippen LogP contribution in [0.1, 0.15) is 0 Å². The van der Waals surface area contributed by atoms with Crippen LogP contribution >= 0.6 is 11.3 Å². The van der Waals surface area contributed by atoms with E-state index in [9.17, 15) is 12.8 Å². The van der Waals surface area contributed by atoms with Gasteiger partial charge in [0.15, 0.2) is 5.13 Å². The van der Waals surface area contributed by atoms with Crippen molar-refractivity contribution >= 4 is 47.5 Å². The van der Waals surface area contributed by atoms with E-state index in [-0.39, 0.29) is 10.0 Å². The van der Waals surface area contributed by atoms with Crippen LogP contribution in [0.25, 0.3) is 21.0 Å². The van der Waals surface area contributed by atoms with Crippen molar-refractivity contribution in [2.24, 2.45) is 0 Å². The van der Waals surface area contributed by atoms with E-state index in [1.54, 1.807) is 0 Å². The topological polar surface area (TPSA) is 59.1 Å². The molecule has 0 aliphatic rings. The molecular weight excluding hydrogens is 347 g/mol. The minimum absolute atomic E-state index is 0.00647. The molecule has 1 N–H and O–H groups in total. The summed E-state index contributed by atoms with van der Waals surface area (Å²) in [6.45, 7) is 0. The Kier molecular flexibility index (Phi) is 3.47. The second-order valence-corrected chi connectivity index (χ2v) is 7.92. The van der Waals surface area contributed by atoms with Gasteiger partial charge in [0.1, 0.15) is 5.82 Å². The Balaban J connectivity index is 1.77. The lowest BCUT2D eigenvalue weighted by molar-refractivity contribution is 0.599. The molecule has 4 aromatic rings. The zero-order chi connectivity index (χ0) is 16.7. The molecule has 4 rings (SSSR count). The predicted octanol–water partition coefficient (Wildman–Crippen LogP) is 4.39. The number of halogens is 1. The van der Waals surface area contributed by atoms with Crippen molar-refractivity contribution in [3.8, 4) is 0 Å². The second kappa shape index (κ2) is 5.54. The summed E-state index contributed by atoms with van der Waals surface area (Å²) in [5.74, 6) is -0.486. The zero-order valence-corrected chi connectivity index (χ0v) is 13.9. The number of thiazole rings is 1. The minimum atomic E-state index is -3.80. The molecule has 0 amide bonds. The van der Waals surface area contributed by atoms with Gasteiger partial charge in [-0.15, -0.1) is 0 Å². The van der Waals surface area contributed by atoms with E-state index in [0.29, 0.717) is 0 Å². The summed E-state index contributed by atoms with van der Waals surface area (Å²) in [6.07, 6.45) is 0. The van der Waals surface area contributed by atoms with Crippen LogP contribution in [0.5, 0.6) is 0 Å². The lowest BCUT2D eigenvalue weighted by atomic mass is 10.1. The van der Waals surface area contributed by atoms with Crippen LogP contribution in [-0.2, 0) is 10.0 Å². The number of hydrogen-bond acceptors (Lipinski definition) is 4. The number of nitrogens with one attached hydrogen (secondary N) is 1. The summed E-state index contributed by atoms with van der Waals surface area (Å²) in [6, 6.07) is 16.4. The summed E-state index contributed by atoms with van der Waals surface area (Å²) in [4.78, 5) is 4.42. The van der Waals surface area contributed by atoms with Gasteiger partial charge in [0.2, 0.25) is 0 Å². The van der Waals surface area contributed by atoms with Crippen molar-refractivity contribution in [3.63, 3.8) is 0 Å². The number of benzene rings is 3. The normalized spacial score (nSPS) is 11.9. The van der Waals surface area contributed by atoms with E-state index in [0.717, 1.165) is 33.1 Å². The maximum absolute atomic E-state index is 13.0. The Labute approximate surface area is 141 Å². The molecule has 7 heteroatoms. The number of fused-ring (bicyclic) bond motifs is 3. The van der Waals surface area contributed by atoms with Crippen molar-refractivity contribution in [3.05, 3.63) is 66.5 Å². The third kappa shape index (κ3) is 2.61. The molecule has 0 saturated heterocycles. The fourth-order valence-electron chi connectivity index (χ4n) is 2.49. The summed E-state index contributed by atoms with van der Waals surface area (Å²) in [5, 5.41) is 2.30. The van der Waals surface area contributed by atoms with Gasteiger partial charge in [-0.25, -0.2) is 17.8 Å². The van der Waals surface area contributed by atoms with E-state index >= 15 is 0 Å². The van der Waals surface area contributed by atoms with Gasteiger partial charge in [0.25, 0.3) is 10.0 Å². The van der Waals surface area contributed by atoms with Crippen molar-refractivity contribution in [2.75, 3.05) is 4.72 Å². The lowest BCUT2D eigenvalue weighted by Gasteiger charge is -2.04. The molecule has 24 heavy (non-hydrogen) atoms. The van der Waals surface area contributed by atoms with Crippen LogP contribution in [0.2, 0.25) is 0 Å². The standard InChI is InChI=1S/C17H11FN2O2S2/c18-12-6-8-13(9-7-12)24(21,22)20-17-19-16-14-4-2-1-3-11(14)5-10-15(16)23-17/h1-10H,(H,19,20). The Morgan fingerprint density at radius 2 is 1.71 bits per heavy atom. The number of nitrogens with zero attached hydrogens (tertiary/aromatic N) is 1. The van der Waals surface area contributed by atoms with E-state index in [1.165, 1.54) is 23.5 Å². The summed E-state index contributed by atoms with van der Waals surface area (Å²) in [7, 11) is -3.80. The van der Waals surface area contributed by atoms with Gasteiger partial charge < -0.3 is 0 Å². The van der Waals surface area contributed by atoms with Crippen LogP contribution < -0.4 is 4.72 Å². The molecule has 0 spiro atoms. The number of sulfonamides is 1. The highest BCUT2D eigenvalue weighted by Crippen LogP contribution is 2.32.